The fourth-order valence-corrected chi connectivity index (χ4v) is 2.52. The Morgan fingerprint density at radius 1 is 1.33 bits per heavy atom. The summed E-state index contributed by atoms with van der Waals surface area (Å²) in [7, 11) is 2.99. The third kappa shape index (κ3) is 3.23. The topological polar surface area (TPSA) is 57.7 Å². The van der Waals surface area contributed by atoms with Gasteiger partial charge in [0.1, 0.15) is 5.69 Å². The van der Waals surface area contributed by atoms with E-state index in [1.807, 2.05) is 18.2 Å². The molecule has 1 heterocycles. The van der Waals surface area contributed by atoms with Crippen LogP contribution in [0, 0.1) is 0 Å². The van der Waals surface area contributed by atoms with Crippen LogP contribution >= 0.6 is 15.9 Å². The van der Waals surface area contributed by atoms with Gasteiger partial charge in [-0.05, 0) is 35.0 Å². The molecule has 2 aromatic rings. The highest BCUT2D eigenvalue weighted by Crippen LogP contribution is 2.28. The van der Waals surface area contributed by atoms with Crippen LogP contribution in [-0.4, -0.2) is 31.8 Å². The van der Waals surface area contributed by atoms with Crippen molar-refractivity contribution < 1.29 is 19.0 Å². The lowest BCUT2D eigenvalue weighted by Crippen LogP contribution is -2.15. The molecule has 0 bridgehead atoms. The largest absolute Gasteiger partial charge is 0.462 e. The second-order valence-electron chi connectivity index (χ2n) is 4.26. The normalized spacial score (nSPS) is 11.1. The van der Waals surface area contributed by atoms with E-state index in [1.165, 1.54) is 14.2 Å². The van der Waals surface area contributed by atoms with Gasteiger partial charge in [0.2, 0.25) is 6.29 Å². The van der Waals surface area contributed by atoms with E-state index >= 15 is 0 Å². The summed E-state index contributed by atoms with van der Waals surface area (Å²) in [4.78, 5) is 16.7. The molecule has 0 fully saturated rings. The van der Waals surface area contributed by atoms with Crippen LogP contribution < -0.4 is 0 Å². The molecule has 2 rings (SSSR count). The molecule has 0 saturated heterocycles. The van der Waals surface area contributed by atoms with Gasteiger partial charge in [-0.3, -0.25) is 0 Å². The summed E-state index contributed by atoms with van der Waals surface area (Å²) in [6.45, 7) is 2.05. The van der Waals surface area contributed by atoms with Crippen LogP contribution in [0.5, 0.6) is 0 Å². The van der Waals surface area contributed by atoms with Crippen molar-refractivity contribution in [3.63, 3.8) is 0 Å². The zero-order valence-corrected chi connectivity index (χ0v) is 13.6. The number of aromatic nitrogens is 1. The molecule has 0 atom stereocenters. The molecule has 5 nitrogen and oxygen atoms in total. The Bertz CT molecular complexity index is 655. The van der Waals surface area contributed by atoms with E-state index in [0.717, 1.165) is 15.4 Å². The number of halogens is 1. The van der Waals surface area contributed by atoms with Crippen molar-refractivity contribution >= 4 is 32.8 Å². The standard InChI is InChI=1S/C15H16BrNO4/c1-4-21-14(18)10-8-9-6-5-7-11(16)12(9)17-13(10)15(19-2)20-3/h5-8,15H,4H2,1-3H3. The lowest BCUT2D eigenvalue weighted by molar-refractivity contribution is -0.108. The highest BCUT2D eigenvalue weighted by atomic mass is 79.9. The van der Waals surface area contributed by atoms with E-state index in [2.05, 4.69) is 20.9 Å². The maximum absolute atomic E-state index is 12.1. The second-order valence-corrected chi connectivity index (χ2v) is 5.11. The number of carbonyl (C=O) groups excluding carboxylic acids is 1. The molecule has 0 unspecified atom stereocenters. The Morgan fingerprint density at radius 3 is 2.67 bits per heavy atom. The summed E-state index contributed by atoms with van der Waals surface area (Å²) in [5, 5.41) is 0.835. The molecule has 0 aliphatic carbocycles. The van der Waals surface area contributed by atoms with Crippen molar-refractivity contribution in [1.29, 1.82) is 0 Å². The first-order chi connectivity index (χ1) is 10.1. The lowest BCUT2D eigenvalue weighted by atomic mass is 10.1. The minimum atomic E-state index is -0.735. The molecule has 21 heavy (non-hydrogen) atoms. The van der Waals surface area contributed by atoms with Crippen LogP contribution in [0.25, 0.3) is 10.9 Å². The Kier molecular flexibility index (Phi) is 5.27. The summed E-state index contributed by atoms with van der Waals surface area (Å²) in [6.07, 6.45) is -0.735. The smallest absolute Gasteiger partial charge is 0.340 e. The Balaban J connectivity index is 2.68. The molecule has 0 spiro atoms. The van der Waals surface area contributed by atoms with Crippen LogP contribution in [0.15, 0.2) is 28.7 Å². The predicted molar refractivity (Wildman–Crippen MR) is 82.2 cm³/mol. The monoisotopic (exact) mass is 353 g/mol. The molecule has 0 amide bonds. The Labute approximate surface area is 131 Å². The fraction of sp³-hybridized carbons (Fsp3) is 0.333. The number of ether oxygens (including phenoxy) is 3. The van der Waals surface area contributed by atoms with Crippen LogP contribution in [-0.2, 0) is 14.2 Å². The number of esters is 1. The van der Waals surface area contributed by atoms with Crippen molar-refractivity contribution in [3.05, 3.63) is 40.0 Å². The van der Waals surface area contributed by atoms with Crippen molar-refractivity contribution in [2.75, 3.05) is 20.8 Å². The van der Waals surface area contributed by atoms with E-state index in [9.17, 15) is 4.79 Å². The van der Waals surface area contributed by atoms with Gasteiger partial charge in [-0.15, -0.1) is 0 Å². The summed E-state index contributed by atoms with van der Waals surface area (Å²) in [5.74, 6) is -0.444. The van der Waals surface area contributed by atoms with Crippen molar-refractivity contribution in [2.24, 2.45) is 0 Å². The van der Waals surface area contributed by atoms with Gasteiger partial charge in [0, 0.05) is 24.1 Å². The van der Waals surface area contributed by atoms with Gasteiger partial charge >= 0.3 is 5.97 Å². The van der Waals surface area contributed by atoms with E-state index in [4.69, 9.17) is 14.2 Å². The lowest BCUT2D eigenvalue weighted by Gasteiger charge is -2.17. The second kappa shape index (κ2) is 6.98. The van der Waals surface area contributed by atoms with Crippen LogP contribution in [0.1, 0.15) is 29.3 Å². The summed E-state index contributed by atoms with van der Waals surface area (Å²) >= 11 is 3.46. The molecule has 0 N–H and O–H groups in total. The van der Waals surface area contributed by atoms with Gasteiger partial charge < -0.3 is 14.2 Å². The minimum Gasteiger partial charge on any atom is -0.462 e. The number of benzene rings is 1. The first-order valence-corrected chi connectivity index (χ1v) is 7.23. The molecule has 1 aromatic carbocycles. The molecule has 6 heteroatoms. The SMILES string of the molecule is CCOC(=O)c1cc2cccc(Br)c2nc1C(OC)OC. The van der Waals surface area contributed by atoms with Crippen LogP contribution in [0.3, 0.4) is 0 Å². The maximum Gasteiger partial charge on any atom is 0.340 e. The summed E-state index contributed by atoms with van der Waals surface area (Å²) in [6, 6.07) is 7.39. The fourth-order valence-electron chi connectivity index (χ4n) is 2.05. The molecular weight excluding hydrogens is 338 g/mol. The average Bonchev–Trinajstić information content (AvgIpc) is 2.49. The number of nitrogens with zero attached hydrogens (tertiary/aromatic N) is 1. The number of methoxy groups -OCH3 is 2. The van der Waals surface area contributed by atoms with Gasteiger partial charge in [0.05, 0.1) is 17.7 Å². The number of pyridine rings is 1. The third-order valence-corrected chi connectivity index (χ3v) is 3.61. The van der Waals surface area contributed by atoms with Gasteiger partial charge in [-0.25, -0.2) is 9.78 Å². The molecule has 0 saturated carbocycles. The third-order valence-electron chi connectivity index (χ3n) is 2.97. The van der Waals surface area contributed by atoms with Crippen molar-refractivity contribution in [1.82, 2.24) is 4.98 Å². The van der Waals surface area contributed by atoms with E-state index in [1.54, 1.807) is 13.0 Å². The zero-order valence-electron chi connectivity index (χ0n) is 12.1. The number of rotatable bonds is 5. The van der Waals surface area contributed by atoms with Crippen LogP contribution in [0.4, 0.5) is 0 Å². The highest BCUT2D eigenvalue weighted by molar-refractivity contribution is 9.10. The molecule has 112 valence electrons. The number of hydrogen-bond donors (Lipinski definition) is 0. The first-order valence-electron chi connectivity index (χ1n) is 6.44. The molecule has 1 aromatic heterocycles. The predicted octanol–water partition coefficient (Wildman–Crippen LogP) is 3.47. The molecule has 0 aliphatic heterocycles. The van der Waals surface area contributed by atoms with Gasteiger partial charge in [0.25, 0.3) is 0 Å². The molecular formula is C15H16BrNO4. The van der Waals surface area contributed by atoms with Gasteiger partial charge in [-0.2, -0.15) is 0 Å². The first kappa shape index (κ1) is 15.9. The number of hydrogen-bond acceptors (Lipinski definition) is 5. The maximum atomic E-state index is 12.1. The average molecular weight is 354 g/mol. The van der Waals surface area contributed by atoms with Gasteiger partial charge in [0.15, 0.2) is 0 Å². The number of carbonyl (C=O) groups is 1. The zero-order chi connectivity index (χ0) is 15.4. The highest BCUT2D eigenvalue weighted by Gasteiger charge is 2.23. The number of fused-ring (bicyclic) bond motifs is 1. The Hall–Kier alpha value is -1.50. The quantitative estimate of drug-likeness (QED) is 0.608. The van der Waals surface area contributed by atoms with Crippen molar-refractivity contribution in [3.8, 4) is 0 Å². The van der Waals surface area contributed by atoms with Crippen molar-refractivity contribution in [2.45, 2.75) is 13.2 Å². The molecule has 0 radical (unpaired) electrons. The van der Waals surface area contributed by atoms with Gasteiger partial charge in [-0.1, -0.05) is 12.1 Å². The van der Waals surface area contributed by atoms with E-state index in [0.29, 0.717) is 17.9 Å². The van der Waals surface area contributed by atoms with Crippen LogP contribution in [0.2, 0.25) is 0 Å². The minimum absolute atomic E-state index is 0.291. The summed E-state index contributed by atoms with van der Waals surface area (Å²) in [5.41, 5.74) is 1.48. The number of para-hydroxylation sites is 1. The van der Waals surface area contributed by atoms with E-state index in [-0.39, 0.29) is 0 Å². The van der Waals surface area contributed by atoms with E-state index < -0.39 is 12.3 Å². The Morgan fingerprint density at radius 2 is 2.05 bits per heavy atom. The molecule has 0 aliphatic rings. The summed E-state index contributed by atoms with van der Waals surface area (Å²) < 4.78 is 16.4.